The molecule has 0 radical (unpaired) electrons. The Kier molecular flexibility index (Phi) is 6.12. The first kappa shape index (κ1) is 17.7. The SMILES string of the molecule is O=C(NC1CCCCC1CN1CCCCC1)c1ccc(Cl)cc1F. The van der Waals surface area contributed by atoms with E-state index in [9.17, 15) is 9.18 Å². The van der Waals surface area contributed by atoms with Crippen LogP contribution in [-0.4, -0.2) is 36.5 Å². The van der Waals surface area contributed by atoms with E-state index in [2.05, 4.69) is 10.2 Å². The van der Waals surface area contributed by atoms with Crippen LogP contribution in [0.15, 0.2) is 18.2 Å². The molecule has 0 spiro atoms. The summed E-state index contributed by atoms with van der Waals surface area (Å²) in [6.07, 6.45) is 8.37. The molecule has 1 N–H and O–H groups in total. The van der Waals surface area contributed by atoms with E-state index in [4.69, 9.17) is 11.6 Å². The molecule has 5 heteroatoms. The molecule has 2 fully saturated rings. The molecule has 3 nitrogen and oxygen atoms in total. The summed E-state index contributed by atoms with van der Waals surface area (Å²) in [5.41, 5.74) is 0.0849. The lowest BCUT2D eigenvalue weighted by atomic mass is 9.83. The van der Waals surface area contributed by atoms with Gasteiger partial charge in [-0.05, 0) is 62.9 Å². The fourth-order valence-corrected chi connectivity index (χ4v) is 4.17. The van der Waals surface area contributed by atoms with Gasteiger partial charge in [0.1, 0.15) is 5.82 Å². The number of nitrogens with one attached hydrogen (secondary N) is 1. The van der Waals surface area contributed by atoms with Crippen molar-refractivity contribution in [1.29, 1.82) is 0 Å². The zero-order chi connectivity index (χ0) is 16.9. The highest BCUT2D eigenvalue weighted by Crippen LogP contribution is 2.27. The molecule has 3 rings (SSSR count). The molecule has 2 aliphatic rings. The molecule has 1 aromatic rings. The highest BCUT2D eigenvalue weighted by atomic mass is 35.5. The van der Waals surface area contributed by atoms with Gasteiger partial charge in [-0.25, -0.2) is 4.39 Å². The summed E-state index contributed by atoms with van der Waals surface area (Å²) in [5, 5.41) is 3.40. The zero-order valence-electron chi connectivity index (χ0n) is 14.1. The predicted molar refractivity (Wildman–Crippen MR) is 94.9 cm³/mol. The Balaban J connectivity index is 1.63. The Labute approximate surface area is 148 Å². The van der Waals surface area contributed by atoms with Crippen molar-refractivity contribution in [3.05, 3.63) is 34.6 Å². The second kappa shape index (κ2) is 8.30. The van der Waals surface area contributed by atoms with E-state index in [-0.39, 0.29) is 17.5 Å². The third-order valence-electron chi connectivity index (χ3n) is 5.34. The molecular weight excluding hydrogens is 327 g/mol. The quantitative estimate of drug-likeness (QED) is 0.878. The van der Waals surface area contributed by atoms with Gasteiger partial charge in [-0.15, -0.1) is 0 Å². The lowest BCUT2D eigenvalue weighted by Gasteiger charge is -2.37. The van der Waals surface area contributed by atoms with E-state index < -0.39 is 5.82 Å². The number of halogens is 2. The molecular formula is C19H26ClFN2O. The summed E-state index contributed by atoms with van der Waals surface area (Å²) in [6, 6.07) is 4.37. The minimum atomic E-state index is -0.552. The average Bonchev–Trinajstić information content (AvgIpc) is 2.57. The lowest BCUT2D eigenvalue weighted by molar-refractivity contribution is 0.0873. The predicted octanol–water partition coefficient (Wildman–Crippen LogP) is 4.25. The third-order valence-corrected chi connectivity index (χ3v) is 5.58. The zero-order valence-corrected chi connectivity index (χ0v) is 14.8. The summed E-state index contributed by atoms with van der Waals surface area (Å²) in [5.74, 6) is -0.403. The molecule has 24 heavy (non-hydrogen) atoms. The van der Waals surface area contributed by atoms with E-state index in [0.717, 1.165) is 25.8 Å². The first-order valence-corrected chi connectivity index (χ1v) is 9.49. The van der Waals surface area contributed by atoms with Crippen LogP contribution in [0.4, 0.5) is 4.39 Å². The fourth-order valence-electron chi connectivity index (χ4n) is 4.01. The van der Waals surface area contributed by atoms with Crippen LogP contribution in [0.3, 0.4) is 0 Å². The normalized spacial score (nSPS) is 25.4. The first-order chi connectivity index (χ1) is 11.6. The molecule has 1 aromatic carbocycles. The van der Waals surface area contributed by atoms with Crippen LogP contribution in [0.25, 0.3) is 0 Å². The van der Waals surface area contributed by atoms with E-state index in [1.54, 1.807) is 6.07 Å². The highest BCUT2D eigenvalue weighted by molar-refractivity contribution is 6.30. The summed E-state index contributed by atoms with van der Waals surface area (Å²) in [4.78, 5) is 15.0. The Bertz CT molecular complexity index is 574. The minimum absolute atomic E-state index is 0.0849. The Morgan fingerprint density at radius 3 is 2.67 bits per heavy atom. The van der Waals surface area contributed by atoms with Crippen molar-refractivity contribution in [3.63, 3.8) is 0 Å². The van der Waals surface area contributed by atoms with Gasteiger partial charge >= 0.3 is 0 Å². The summed E-state index contributed by atoms with van der Waals surface area (Å²) >= 11 is 5.77. The van der Waals surface area contributed by atoms with Gasteiger partial charge in [-0.2, -0.15) is 0 Å². The Hall–Kier alpha value is -1.13. The molecule has 1 aliphatic heterocycles. The van der Waals surface area contributed by atoms with Crippen LogP contribution in [0.1, 0.15) is 55.3 Å². The number of hydrogen-bond donors (Lipinski definition) is 1. The van der Waals surface area contributed by atoms with Crippen molar-refractivity contribution in [2.24, 2.45) is 5.92 Å². The maximum Gasteiger partial charge on any atom is 0.254 e. The van der Waals surface area contributed by atoms with Crippen LogP contribution in [0.5, 0.6) is 0 Å². The number of benzene rings is 1. The Morgan fingerprint density at radius 1 is 1.17 bits per heavy atom. The monoisotopic (exact) mass is 352 g/mol. The van der Waals surface area contributed by atoms with Crippen molar-refractivity contribution in [1.82, 2.24) is 10.2 Å². The summed E-state index contributed by atoms with van der Waals surface area (Å²) < 4.78 is 14.0. The van der Waals surface area contributed by atoms with E-state index in [1.807, 2.05) is 0 Å². The van der Waals surface area contributed by atoms with Crippen LogP contribution in [-0.2, 0) is 0 Å². The van der Waals surface area contributed by atoms with Crippen LogP contribution >= 0.6 is 11.6 Å². The van der Waals surface area contributed by atoms with Crippen molar-refractivity contribution >= 4 is 17.5 Å². The molecule has 1 saturated heterocycles. The molecule has 0 aromatic heterocycles. The van der Waals surface area contributed by atoms with Gasteiger partial charge in [-0.3, -0.25) is 4.79 Å². The maximum atomic E-state index is 14.0. The molecule has 0 bridgehead atoms. The molecule has 1 saturated carbocycles. The molecule has 1 aliphatic carbocycles. The minimum Gasteiger partial charge on any atom is -0.349 e. The standard InChI is InChI=1S/C19H26ClFN2O/c20-15-8-9-16(17(21)12-15)19(24)22-18-7-3-2-6-14(18)13-23-10-4-1-5-11-23/h8-9,12,14,18H,1-7,10-11,13H2,(H,22,24). The number of carbonyl (C=O) groups is 1. The number of piperidine rings is 1. The van der Waals surface area contributed by atoms with E-state index in [0.29, 0.717) is 10.9 Å². The fraction of sp³-hybridized carbons (Fsp3) is 0.632. The summed E-state index contributed by atoms with van der Waals surface area (Å²) in [6.45, 7) is 3.39. The van der Waals surface area contributed by atoms with Gasteiger partial charge in [0.05, 0.1) is 5.56 Å². The first-order valence-electron chi connectivity index (χ1n) is 9.12. The highest BCUT2D eigenvalue weighted by Gasteiger charge is 2.29. The van der Waals surface area contributed by atoms with Gasteiger partial charge in [0.2, 0.25) is 0 Å². The number of likely N-dealkylation sites (tertiary alicyclic amines) is 1. The van der Waals surface area contributed by atoms with Crippen molar-refractivity contribution in [3.8, 4) is 0 Å². The second-order valence-electron chi connectivity index (χ2n) is 7.11. The number of amides is 1. The van der Waals surface area contributed by atoms with Crippen molar-refractivity contribution in [2.45, 2.75) is 51.0 Å². The smallest absolute Gasteiger partial charge is 0.254 e. The van der Waals surface area contributed by atoms with Gasteiger partial charge in [0, 0.05) is 17.6 Å². The molecule has 2 atom stereocenters. The Morgan fingerprint density at radius 2 is 1.92 bits per heavy atom. The largest absolute Gasteiger partial charge is 0.349 e. The van der Waals surface area contributed by atoms with Crippen LogP contribution in [0, 0.1) is 11.7 Å². The lowest BCUT2D eigenvalue weighted by Crippen LogP contribution is -2.47. The van der Waals surface area contributed by atoms with Gasteiger partial charge in [0.15, 0.2) is 0 Å². The van der Waals surface area contributed by atoms with Gasteiger partial charge < -0.3 is 10.2 Å². The number of hydrogen-bond acceptors (Lipinski definition) is 2. The van der Waals surface area contributed by atoms with Crippen molar-refractivity contribution < 1.29 is 9.18 Å². The molecule has 1 amide bonds. The third kappa shape index (κ3) is 4.48. The van der Waals surface area contributed by atoms with Gasteiger partial charge in [-0.1, -0.05) is 30.9 Å². The average molecular weight is 353 g/mol. The van der Waals surface area contributed by atoms with Crippen molar-refractivity contribution in [2.75, 3.05) is 19.6 Å². The van der Waals surface area contributed by atoms with Gasteiger partial charge in [0.25, 0.3) is 5.91 Å². The number of carbonyl (C=O) groups excluding carboxylic acids is 1. The topological polar surface area (TPSA) is 32.3 Å². The number of nitrogens with zero attached hydrogens (tertiary/aromatic N) is 1. The maximum absolute atomic E-state index is 14.0. The molecule has 2 unspecified atom stereocenters. The van der Waals surface area contributed by atoms with E-state index in [1.165, 1.54) is 50.9 Å². The van der Waals surface area contributed by atoms with Crippen LogP contribution < -0.4 is 5.32 Å². The van der Waals surface area contributed by atoms with Crippen LogP contribution in [0.2, 0.25) is 5.02 Å². The summed E-state index contributed by atoms with van der Waals surface area (Å²) in [7, 11) is 0. The molecule has 1 heterocycles. The second-order valence-corrected chi connectivity index (χ2v) is 7.55. The number of rotatable bonds is 4. The van der Waals surface area contributed by atoms with E-state index >= 15 is 0 Å². The molecule has 132 valence electrons.